The van der Waals surface area contributed by atoms with Gasteiger partial charge in [0.1, 0.15) is 0 Å². The van der Waals surface area contributed by atoms with Crippen molar-refractivity contribution in [2.75, 3.05) is 7.11 Å². The Hall–Kier alpha value is -1.38. The number of allylic oxidation sites excluding steroid dienone is 4. The molecule has 0 unspecified atom stereocenters. The van der Waals surface area contributed by atoms with E-state index < -0.39 is 5.41 Å². The normalized spacial score (nSPS) is 49.2. The van der Waals surface area contributed by atoms with Gasteiger partial charge in [-0.25, -0.2) is 0 Å². The first-order chi connectivity index (χ1) is 14.1. The third-order valence-electron chi connectivity index (χ3n) is 10.5. The minimum absolute atomic E-state index is 0.0238. The number of ketones is 1. The van der Waals surface area contributed by atoms with E-state index in [0.717, 1.165) is 25.7 Å². The highest BCUT2D eigenvalue weighted by molar-refractivity contribution is 5.97. The molecule has 0 N–H and O–H groups in total. The van der Waals surface area contributed by atoms with Crippen LogP contribution in [0.15, 0.2) is 23.3 Å². The number of methoxy groups -OCH3 is 1. The Balaban J connectivity index is 1.64. The zero-order valence-electron chi connectivity index (χ0n) is 19.6. The van der Waals surface area contributed by atoms with Crippen LogP contribution in [0.2, 0.25) is 0 Å². The molecule has 2 bridgehead atoms. The van der Waals surface area contributed by atoms with E-state index in [4.69, 9.17) is 4.74 Å². The molecule has 30 heavy (non-hydrogen) atoms. The smallest absolute Gasteiger partial charge is 0.311 e. The van der Waals surface area contributed by atoms with Gasteiger partial charge in [0.25, 0.3) is 0 Å². The summed E-state index contributed by atoms with van der Waals surface area (Å²) in [6, 6.07) is 0. The Morgan fingerprint density at radius 2 is 1.90 bits per heavy atom. The van der Waals surface area contributed by atoms with E-state index in [0.29, 0.717) is 35.4 Å². The molecular formula is C27H38O3. The van der Waals surface area contributed by atoms with Gasteiger partial charge in [-0.2, -0.15) is 0 Å². The van der Waals surface area contributed by atoms with E-state index in [2.05, 4.69) is 40.7 Å². The van der Waals surface area contributed by atoms with Gasteiger partial charge in [0.15, 0.2) is 5.78 Å². The largest absolute Gasteiger partial charge is 0.469 e. The SMILES string of the molecule is COC(=O)[C@]1(C)CCC[C@]2(C)[C@H]3C[C@H]4C(C(C)C)=C[C@]3(CC[C@H]21)[C@@H]1C(=O)C=C(C)[C@@H]14. The highest BCUT2D eigenvalue weighted by atomic mass is 16.5. The molecule has 3 saturated carbocycles. The topological polar surface area (TPSA) is 43.4 Å². The molecule has 164 valence electrons. The lowest BCUT2D eigenvalue weighted by atomic mass is 9.34. The fourth-order valence-corrected chi connectivity index (χ4v) is 9.52. The molecular weight excluding hydrogens is 372 g/mol. The average Bonchev–Trinajstić information content (AvgIpc) is 3.02. The molecule has 0 amide bonds. The van der Waals surface area contributed by atoms with Gasteiger partial charge in [0.2, 0.25) is 0 Å². The van der Waals surface area contributed by atoms with Gasteiger partial charge in [-0.3, -0.25) is 9.59 Å². The third-order valence-corrected chi connectivity index (χ3v) is 10.5. The second kappa shape index (κ2) is 6.33. The Morgan fingerprint density at radius 1 is 1.17 bits per heavy atom. The lowest BCUT2D eigenvalue weighted by Crippen LogP contribution is -2.65. The first-order valence-corrected chi connectivity index (χ1v) is 12.1. The Labute approximate surface area is 181 Å². The number of esters is 1. The zero-order valence-corrected chi connectivity index (χ0v) is 19.6. The molecule has 6 aliphatic rings. The number of carbonyl (C=O) groups excluding carboxylic acids is 2. The summed E-state index contributed by atoms with van der Waals surface area (Å²) in [5.41, 5.74) is 2.60. The second-order valence-electron chi connectivity index (χ2n) is 12.0. The van der Waals surface area contributed by atoms with Crippen molar-refractivity contribution < 1.29 is 14.3 Å². The summed E-state index contributed by atoms with van der Waals surface area (Å²) in [6.07, 6.45) is 11.0. The van der Waals surface area contributed by atoms with Gasteiger partial charge in [0, 0.05) is 11.3 Å². The standard InChI is InChI=1S/C27H38O3/c1-15(2)18-14-27-11-8-20-25(4,9-7-10-26(20,5)24(29)30-6)21(27)13-17(18)22-16(3)12-19(28)23(22)27/h12,14-15,17,20-23H,7-11,13H2,1-6H3/t17-,20+,21+,22+,23+,25-,26+,27-/m0/s1. The maximum absolute atomic E-state index is 13.3. The minimum atomic E-state index is -0.391. The summed E-state index contributed by atoms with van der Waals surface area (Å²) in [4.78, 5) is 26.2. The number of ether oxygens (including phenoxy) is 1. The summed E-state index contributed by atoms with van der Waals surface area (Å²) in [7, 11) is 1.54. The fourth-order valence-electron chi connectivity index (χ4n) is 9.52. The molecule has 3 fully saturated rings. The van der Waals surface area contributed by atoms with Crippen molar-refractivity contribution in [2.45, 2.75) is 73.1 Å². The van der Waals surface area contributed by atoms with Crippen molar-refractivity contribution >= 4 is 11.8 Å². The molecule has 0 aromatic heterocycles. The van der Waals surface area contributed by atoms with Crippen molar-refractivity contribution in [3.05, 3.63) is 23.3 Å². The minimum Gasteiger partial charge on any atom is -0.469 e. The van der Waals surface area contributed by atoms with Crippen LogP contribution < -0.4 is 0 Å². The molecule has 1 spiro atoms. The van der Waals surface area contributed by atoms with Gasteiger partial charge in [-0.15, -0.1) is 0 Å². The van der Waals surface area contributed by atoms with Crippen LogP contribution in [-0.2, 0) is 14.3 Å². The number of rotatable bonds is 2. The monoisotopic (exact) mass is 410 g/mol. The molecule has 0 aliphatic heterocycles. The summed E-state index contributed by atoms with van der Waals surface area (Å²) in [5.74, 6) is 2.76. The molecule has 0 heterocycles. The van der Waals surface area contributed by atoms with Crippen LogP contribution in [-0.4, -0.2) is 18.9 Å². The maximum atomic E-state index is 13.3. The summed E-state index contributed by atoms with van der Waals surface area (Å²) in [6.45, 7) is 11.5. The van der Waals surface area contributed by atoms with Crippen LogP contribution in [0.1, 0.15) is 73.1 Å². The van der Waals surface area contributed by atoms with E-state index in [1.165, 1.54) is 18.4 Å². The fraction of sp³-hybridized carbons (Fsp3) is 0.778. The third kappa shape index (κ3) is 2.28. The summed E-state index contributed by atoms with van der Waals surface area (Å²) in [5, 5.41) is 0. The van der Waals surface area contributed by atoms with Crippen molar-refractivity contribution in [3.63, 3.8) is 0 Å². The summed E-state index contributed by atoms with van der Waals surface area (Å²) >= 11 is 0. The summed E-state index contributed by atoms with van der Waals surface area (Å²) < 4.78 is 5.32. The number of hydrogen-bond acceptors (Lipinski definition) is 3. The Morgan fingerprint density at radius 3 is 2.57 bits per heavy atom. The van der Waals surface area contributed by atoms with Crippen molar-refractivity contribution in [2.24, 2.45) is 51.8 Å². The van der Waals surface area contributed by atoms with Crippen LogP contribution in [0.5, 0.6) is 0 Å². The Kier molecular flexibility index (Phi) is 4.33. The van der Waals surface area contributed by atoms with Crippen LogP contribution >= 0.6 is 0 Å². The highest BCUT2D eigenvalue weighted by Gasteiger charge is 2.70. The molecule has 6 aliphatic carbocycles. The van der Waals surface area contributed by atoms with Crippen molar-refractivity contribution in [3.8, 4) is 0 Å². The number of carbonyl (C=O) groups is 2. The molecule has 8 atom stereocenters. The van der Waals surface area contributed by atoms with Crippen LogP contribution in [0.3, 0.4) is 0 Å². The van der Waals surface area contributed by atoms with E-state index in [1.807, 2.05) is 6.08 Å². The molecule has 0 aromatic carbocycles. The van der Waals surface area contributed by atoms with Crippen LogP contribution in [0.4, 0.5) is 0 Å². The van der Waals surface area contributed by atoms with Crippen LogP contribution in [0.25, 0.3) is 0 Å². The lowest BCUT2D eigenvalue weighted by Gasteiger charge is -2.69. The number of hydrogen-bond donors (Lipinski definition) is 0. The van der Waals surface area contributed by atoms with Gasteiger partial charge in [-0.05, 0) is 87.0 Å². The molecule has 3 heteroatoms. The highest BCUT2D eigenvalue weighted by Crippen LogP contribution is 2.74. The molecule has 0 saturated heterocycles. The predicted octanol–water partition coefficient (Wildman–Crippen LogP) is 5.75. The van der Waals surface area contributed by atoms with Crippen LogP contribution in [0, 0.1) is 51.8 Å². The van der Waals surface area contributed by atoms with E-state index >= 15 is 0 Å². The predicted molar refractivity (Wildman–Crippen MR) is 118 cm³/mol. The first kappa shape index (κ1) is 20.5. The second-order valence-corrected chi connectivity index (χ2v) is 12.0. The van der Waals surface area contributed by atoms with Gasteiger partial charge < -0.3 is 4.74 Å². The number of fused-ring (bicyclic) bond motifs is 1. The first-order valence-electron chi connectivity index (χ1n) is 12.1. The maximum Gasteiger partial charge on any atom is 0.311 e. The van der Waals surface area contributed by atoms with Gasteiger partial charge >= 0.3 is 5.97 Å². The van der Waals surface area contributed by atoms with Gasteiger partial charge in [-0.1, -0.05) is 44.4 Å². The zero-order chi connectivity index (χ0) is 21.6. The van der Waals surface area contributed by atoms with E-state index in [1.54, 1.807) is 12.7 Å². The molecule has 6 rings (SSSR count). The molecule has 0 aromatic rings. The molecule has 0 radical (unpaired) electrons. The van der Waals surface area contributed by atoms with E-state index in [-0.39, 0.29) is 22.7 Å². The average molecular weight is 411 g/mol. The van der Waals surface area contributed by atoms with Crippen molar-refractivity contribution in [1.29, 1.82) is 0 Å². The lowest BCUT2D eigenvalue weighted by molar-refractivity contribution is -0.195. The van der Waals surface area contributed by atoms with Crippen molar-refractivity contribution in [1.82, 2.24) is 0 Å². The Bertz CT molecular complexity index is 865. The quantitative estimate of drug-likeness (QED) is 0.430. The molecule has 3 nitrogen and oxygen atoms in total. The van der Waals surface area contributed by atoms with Gasteiger partial charge in [0.05, 0.1) is 12.5 Å². The van der Waals surface area contributed by atoms with E-state index in [9.17, 15) is 9.59 Å².